The molecule has 0 fully saturated rings. The topological polar surface area (TPSA) is 35.5 Å². The maximum absolute atomic E-state index is 13.4. The first-order valence-corrected chi connectivity index (χ1v) is 8.20. The zero-order chi connectivity index (χ0) is 17.6. The normalized spacial score (nSPS) is 11.7. The molecule has 3 nitrogen and oxygen atoms in total. The van der Waals surface area contributed by atoms with E-state index in [4.69, 9.17) is 9.47 Å². The number of aryl methyl sites for hydroxylation is 2. The van der Waals surface area contributed by atoms with Crippen LogP contribution in [-0.2, 0) is 9.53 Å². The minimum absolute atomic E-state index is 0.167. The Morgan fingerprint density at radius 3 is 2.48 bits per heavy atom. The van der Waals surface area contributed by atoms with Crippen molar-refractivity contribution in [2.24, 2.45) is 11.3 Å². The van der Waals surface area contributed by atoms with E-state index in [-0.39, 0.29) is 11.8 Å². The second-order valence-corrected chi connectivity index (χ2v) is 7.20. The second-order valence-electron chi connectivity index (χ2n) is 7.20. The van der Waals surface area contributed by atoms with E-state index >= 15 is 0 Å². The largest absolute Gasteiger partial charge is 0.493 e. The third-order valence-electron chi connectivity index (χ3n) is 3.76. The highest BCUT2D eigenvalue weighted by Crippen LogP contribution is 2.26. The molecule has 0 aliphatic rings. The highest BCUT2D eigenvalue weighted by Gasteiger charge is 2.29. The molecule has 0 amide bonds. The molecule has 0 heterocycles. The van der Waals surface area contributed by atoms with Gasteiger partial charge < -0.3 is 9.47 Å². The van der Waals surface area contributed by atoms with Gasteiger partial charge in [-0.1, -0.05) is 13.8 Å². The molecule has 0 aliphatic carbocycles. The predicted molar refractivity (Wildman–Crippen MR) is 90.2 cm³/mol. The summed E-state index contributed by atoms with van der Waals surface area (Å²) < 4.78 is 24.5. The first kappa shape index (κ1) is 19.5. The zero-order valence-electron chi connectivity index (χ0n) is 15.2. The van der Waals surface area contributed by atoms with Gasteiger partial charge in [0, 0.05) is 0 Å². The molecule has 0 atom stereocenters. The van der Waals surface area contributed by atoms with Gasteiger partial charge in [-0.2, -0.15) is 0 Å². The monoisotopic (exact) mass is 324 g/mol. The van der Waals surface area contributed by atoms with Crippen molar-refractivity contribution in [1.82, 2.24) is 0 Å². The van der Waals surface area contributed by atoms with Crippen LogP contribution in [0.1, 0.15) is 51.7 Å². The van der Waals surface area contributed by atoms with Gasteiger partial charge in [-0.15, -0.1) is 0 Å². The molecule has 0 aliphatic heterocycles. The number of hydrogen-bond donors (Lipinski definition) is 0. The number of ether oxygens (including phenoxy) is 2. The van der Waals surface area contributed by atoms with Gasteiger partial charge in [-0.3, -0.25) is 4.79 Å². The minimum atomic E-state index is -0.522. The van der Waals surface area contributed by atoms with Gasteiger partial charge in [-0.25, -0.2) is 4.39 Å². The SMILES string of the molecule is Cc1cc(OCCCC(C)(C)C(=O)OCC(C)C)c(C)cc1F. The number of esters is 1. The quantitative estimate of drug-likeness (QED) is 0.507. The molecule has 23 heavy (non-hydrogen) atoms. The van der Waals surface area contributed by atoms with Gasteiger partial charge in [0.25, 0.3) is 0 Å². The average molecular weight is 324 g/mol. The fourth-order valence-corrected chi connectivity index (χ4v) is 2.15. The Hall–Kier alpha value is -1.58. The number of carbonyl (C=O) groups excluding carboxylic acids is 1. The van der Waals surface area contributed by atoms with E-state index in [0.29, 0.717) is 36.9 Å². The highest BCUT2D eigenvalue weighted by atomic mass is 19.1. The van der Waals surface area contributed by atoms with Crippen LogP contribution in [0.4, 0.5) is 4.39 Å². The fraction of sp³-hybridized carbons (Fsp3) is 0.632. The van der Waals surface area contributed by atoms with Crippen molar-refractivity contribution in [2.45, 2.75) is 54.4 Å². The van der Waals surface area contributed by atoms with Crippen LogP contribution in [0.3, 0.4) is 0 Å². The lowest BCUT2D eigenvalue weighted by Crippen LogP contribution is -2.28. The molecular formula is C19H29FO3. The van der Waals surface area contributed by atoms with Crippen LogP contribution < -0.4 is 4.74 Å². The maximum atomic E-state index is 13.4. The van der Waals surface area contributed by atoms with Crippen molar-refractivity contribution < 1.29 is 18.7 Å². The summed E-state index contributed by atoms with van der Waals surface area (Å²) in [4.78, 5) is 12.1. The summed E-state index contributed by atoms with van der Waals surface area (Å²) in [5.41, 5.74) is 0.832. The first-order chi connectivity index (χ1) is 10.6. The molecule has 1 aromatic carbocycles. The molecule has 130 valence electrons. The molecule has 0 saturated heterocycles. The minimum Gasteiger partial charge on any atom is -0.493 e. The van der Waals surface area contributed by atoms with Gasteiger partial charge >= 0.3 is 5.97 Å². The number of halogens is 1. The van der Waals surface area contributed by atoms with Crippen LogP contribution in [0.5, 0.6) is 5.75 Å². The molecule has 1 aromatic rings. The van der Waals surface area contributed by atoms with E-state index in [1.54, 1.807) is 13.0 Å². The molecule has 0 bridgehead atoms. The molecule has 0 unspecified atom stereocenters. The van der Waals surface area contributed by atoms with Crippen molar-refractivity contribution in [3.8, 4) is 5.75 Å². The van der Waals surface area contributed by atoms with E-state index in [0.717, 1.165) is 12.0 Å². The zero-order valence-corrected chi connectivity index (χ0v) is 15.2. The summed E-state index contributed by atoms with van der Waals surface area (Å²) >= 11 is 0. The molecule has 0 radical (unpaired) electrons. The summed E-state index contributed by atoms with van der Waals surface area (Å²) in [5, 5.41) is 0. The van der Waals surface area contributed by atoms with Crippen molar-refractivity contribution in [1.29, 1.82) is 0 Å². The number of carbonyl (C=O) groups is 1. The Labute approximate surface area is 139 Å². The van der Waals surface area contributed by atoms with Crippen LogP contribution >= 0.6 is 0 Å². The van der Waals surface area contributed by atoms with Crippen molar-refractivity contribution >= 4 is 5.97 Å². The molecule has 1 rings (SSSR count). The Morgan fingerprint density at radius 2 is 1.87 bits per heavy atom. The summed E-state index contributed by atoms with van der Waals surface area (Å²) in [6.07, 6.45) is 1.42. The van der Waals surface area contributed by atoms with Gasteiger partial charge in [-0.05, 0) is 69.7 Å². The summed E-state index contributed by atoms with van der Waals surface area (Å²) in [7, 11) is 0. The summed E-state index contributed by atoms with van der Waals surface area (Å²) in [6, 6.07) is 3.20. The van der Waals surface area contributed by atoms with Gasteiger partial charge in [0.05, 0.1) is 18.6 Å². The van der Waals surface area contributed by atoms with Crippen molar-refractivity contribution in [3.05, 3.63) is 29.1 Å². The van der Waals surface area contributed by atoms with Gasteiger partial charge in [0.15, 0.2) is 0 Å². The molecule has 4 heteroatoms. The third kappa shape index (κ3) is 6.20. The number of rotatable bonds is 8. The smallest absolute Gasteiger partial charge is 0.311 e. The lowest BCUT2D eigenvalue weighted by atomic mass is 9.88. The first-order valence-electron chi connectivity index (χ1n) is 8.20. The maximum Gasteiger partial charge on any atom is 0.311 e. The average Bonchev–Trinajstić information content (AvgIpc) is 2.45. The van der Waals surface area contributed by atoms with Crippen molar-refractivity contribution in [2.75, 3.05) is 13.2 Å². The lowest BCUT2D eigenvalue weighted by molar-refractivity contribution is -0.155. The number of hydrogen-bond acceptors (Lipinski definition) is 3. The standard InChI is InChI=1S/C19H29FO3/c1-13(2)12-23-18(21)19(5,6)8-7-9-22-17-11-14(3)16(20)10-15(17)4/h10-11,13H,7-9,12H2,1-6H3. The molecule has 0 spiro atoms. The van der Waals surface area contributed by atoms with Crippen LogP contribution in [0.25, 0.3) is 0 Å². The Balaban J connectivity index is 2.44. The van der Waals surface area contributed by atoms with E-state index in [9.17, 15) is 9.18 Å². The predicted octanol–water partition coefficient (Wildman–Crippen LogP) is 4.83. The van der Waals surface area contributed by atoms with E-state index in [2.05, 4.69) is 0 Å². The molecule has 0 N–H and O–H groups in total. The Kier molecular flexibility index (Phi) is 7.04. The van der Waals surface area contributed by atoms with Crippen molar-refractivity contribution in [3.63, 3.8) is 0 Å². The van der Waals surface area contributed by atoms with E-state index < -0.39 is 5.41 Å². The second kappa shape index (κ2) is 8.32. The summed E-state index contributed by atoms with van der Waals surface area (Å²) in [5.74, 6) is 0.649. The van der Waals surface area contributed by atoms with Crippen LogP contribution in [-0.4, -0.2) is 19.2 Å². The van der Waals surface area contributed by atoms with Crippen LogP contribution in [0.2, 0.25) is 0 Å². The van der Waals surface area contributed by atoms with Crippen LogP contribution in [0, 0.1) is 31.0 Å². The summed E-state index contributed by atoms with van der Waals surface area (Å²) in [6.45, 7) is 12.3. The highest BCUT2D eigenvalue weighted by molar-refractivity contribution is 5.75. The Bertz CT molecular complexity index is 536. The third-order valence-corrected chi connectivity index (χ3v) is 3.76. The van der Waals surface area contributed by atoms with Gasteiger partial charge in [0.1, 0.15) is 11.6 Å². The number of benzene rings is 1. The van der Waals surface area contributed by atoms with E-state index in [1.807, 2.05) is 34.6 Å². The van der Waals surface area contributed by atoms with Gasteiger partial charge in [0.2, 0.25) is 0 Å². The molecule has 0 aromatic heterocycles. The Morgan fingerprint density at radius 1 is 1.22 bits per heavy atom. The van der Waals surface area contributed by atoms with Crippen LogP contribution in [0.15, 0.2) is 12.1 Å². The van der Waals surface area contributed by atoms with E-state index in [1.165, 1.54) is 6.07 Å². The molecular weight excluding hydrogens is 295 g/mol. The fourth-order valence-electron chi connectivity index (χ4n) is 2.15. The molecule has 0 saturated carbocycles. The lowest BCUT2D eigenvalue weighted by Gasteiger charge is -2.23.